The molecule has 0 radical (unpaired) electrons. The molecule has 0 aromatic rings. The van der Waals surface area contributed by atoms with Crippen molar-refractivity contribution in [3.05, 3.63) is 0 Å². The van der Waals surface area contributed by atoms with E-state index in [0.29, 0.717) is 0 Å². The van der Waals surface area contributed by atoms with Crippen LogP contribution in [0.25, 0.3) is 0 Å². The van der Waals surface area contributed by atoms with Gasteiger partial charge in [0.1, 0.15) is 0 Å². The maximum absolute atomic E-state index is 4.00. The normalized spacial score (nSPS) is 34.1. The molecular weight excluding hydrogens is 158 g/mol. The van der Waals surface area contributed by atoms with Crippen molar-refractivity contribution in [3.63, 3.8) is 0 Å². The monoisotopic (exact) mass is 179 g/mol. The molecule has 0 aromatic heterocycles. The van der Waals surface area contributed by atoms with Crippen molar-refractivity contribution in [2.75, 3.05) is 20.1 Å². The third kappa shape index (κ3) is 2.74. The molecule has 2 rings (SSSR count). The van der Waals surface area contributed by atoms with Crippen molar-refractivity contribution in [1.82, 2.24) is 4.90 Å². The van der Waals surface area contributed by atoms with E-state index in [1.807, 2.05) is 0 Å². The summed E-state index contributed by atoms with van der Waals surface area (Å²) < 4.78 is 0. The maximum atomic E-state index is 4.00. The summed E-state index contributed by atoms with van der Waals surface area (Å²) in [7, 11) is 2.27. The van der Waals surface area contributed by atoms with E-state index in [2.05, 4.69) is 24.8 Å². The maximum Gasteiger partial charge on any atom is 0.000926 e. The highest BCUT2D eigenvalue weighted by atomic mass is 15.1. The van der Waals surface area contributed by atoms with E-state index < -0.39 is 0 Å². The highest BCUT2D eigenvalue weighted by molar-refractivity contribution is 4.81. The van der Waals surface area contributed by atoms with Crippen LogP contribution in [0.3, 0.4) is 0 Å². The van der Waals surface area contributed by atoms with E-state index >= 15 is 0 Å². The van der Waals surface area contributed by atoms with Crippen LogP contribution in [0, 0.1) is 24.7 Å². The molecule has 0 bridgehead atoms. The molecule has 1 aliphatic heterocycles. The third-order valence-electron chi connectivity index (χ3n) is 3.49. The minimum Gasteiger partial charge on any atom is -0.306 e. The fourth-order valence-corrected chi connectivity index (χ4v) is 2.78. The Kier molecular flexibility index (Phi) is 4.32. The van der Waals surface area contributed by atoms with Gasteiger partial charge in [-0.3, -0.25) is 0 Å². The molecule has 2 fully saturated rings. The van der Waals surface area contributed by atoms with Crippen molar-refractivity contribution in [2.45, 2.75) is 32.1 Å². The minimum absolute atomic E-state index is 1.06. The van der Waals surface area contributed by atoms with Crippen molar-refractivity contribution < 1.29 is 0 Å². The smallest absolute Gasteiger partial charge is 0.000926 e. The fourth-order valence-electron chi connectivity index (χ4n) is 2.78. The van der Waals surface area contributed by atoms with Gasteiger partial charge >= 0.3 is 0 Å². The first kappa shape index (κ1) is 10.6. The number of nitrogens with zero attached hydrogens (tertiary/aromatic N) is 1. The molecule has 2 aliphatic rings. The molecule has 1 nitrogen and oxygen atoms in total. The summed E-state index contributed by atoms with van der Waals surface area (Å²) in [5.74, 6) is 2.16. The lowest BCUT2D eigenvalue weighted by atomic mass is 9.75. The van der Waals surface area contributed by atoms with Crippen molar-refractivity contribution in [2.24, 2.45) is 11.8 Å². The predicted octanol–water partition coefficient (Wildman–Crippen LogP) is 2.38. The number of fused-ring (bicyclic) bond motifs is 1. The summed E-state index contributed by atoms with van der Waals surface area (Å²) in [6, 6.07) is 0. The van der Waals surface area contributed by atoms with E-state index in [1.54, 1.807) is 0 Å². The van der Waals surface area contributed by atoms with Crippen LogP contribution in [0.2, 0.25) is 0 Å². The van der Waals surface area contributed by atoms with E-state index in [1.165, 1.54) is 45.2 Å². The van der Waals surface area contributed by atoms with Gasteiger partial charge in [0.05, 0.1) is 0 Å². The van der Waals surface area contributed by atoms with Crippen molar-refractivity contribution >= 4 is 0 Å². The van der Waals surface area contributed by atoms with Gasteiger partial charge in [-0.15, -0.1) is 12.8 Å². The Morgan fingerprint density at radius 2 is 1.62 bits per heavy atom. The first-order chi connectivity index (χ1) is 6.36. The Bertz CT molecular complexity index is 162. The molecule has 1 heteroatoms. The Morgan fingerprint density at radius 3 is 2.31 bits per heavy atom. The number of rotatable bonds is 0. The van der Waals surface area contributed by atoms with E-state index in [4.69, 9.17) is 0 Å². The van der Waals surface area contributed by atoms with Gasteiger partial charge in [0.2, 0.25) is 0 Å². The molecule has 1 saturated carbocycles. The zero-order chi connectivity index (χ0) is 9.68. The number of hydrogen-bond donors (Lipinski definition) is 0. The van der Waals surface area contributed by atoms with Gasteiger partial charge in [0.15, 0.2) is 0 Å². The molecule has 13 heavy (non-hydrogen) atoms. The van der Waals surface area contributed by atoms with Crippen LogP contribution in [0.1, 0.15) is 32.1 Å². The molecule has 2 atom stereocenters. The summed E-state index contributed by atoms with van der Waals surface area (Å²) in [5, 5.41) is 0. The topological polar surface area (TPSA) is 3.24 Å². The summed E-state index contributed by atoms with van der Waals surface area (Å²) in [6.45, 7) is 2.73. The largest absolute Gasteiger partial charge is 0.306 e. The average Bonchev–Trinajstić information content (AvgIpc) is 2.21. The lowest BCUT2D eigenvalue weighted by Gasteiger charge is -2.39. The second-order valence-electron chi connectivity index (χ2n) is 4.36. The van der Waals surface area contributed by atoms with Crippen LogP contribution in [0.4, 0.5) is 0 Å². The van der Waals surface area contributed by atoms with Gasteiger partial charge in [0.25, 0.3) is 0 Å². The number of likely N-dealkylation sites (tertiary alicyclic amines) is 1. The summed E-state index contributed by atoms with van der Waals surface area (Å²) in [4.78, 5) is 2.51. The van der Waals surface area contributed by atoms with Crippen LogP contribution in [0.5, 0.6) is 0 Å². The van der Waals surface area contributed by atoms with Crippen LogP contribution >= 0.6 is 0 Å². The van der Waals surface area contributed by atoms with Crippen molar-refractivity contribution in [3.8, 4) is 12.8 Å². The van der Waals surface area contributed by atoms with Crippen LogP contribution in [-0.4, -0.2) is 25.0 Å². The Labute approximate surface area is 82.5 Å². The van der Waals surface area contributed by atoms with Crippen molar-refractivity contribution in [1.29, 1.82) is 0 Å². The van der Waals surface area contributed by atoms with Gasteiger partial charge in [-0.05, 0) is 38.3 Å². The average molecular weight is 179 g/mol. The quantitative estimate of drug-likeness (QED) is 0.516. The third-order valence-corrected chi connectivity index (χ3v) is 3.49. The fraction of sp³-hybridized carbons (Fsp3) is 0.833. The second-order valence-corrected chi connectivity index (χ2v) is 4.36. The molecule has 0 amide bonds. The van der Waals surface area contributed by atoms with Gasteiger partial charge in [-0.1, -0.05) is 19.3 Å². The minimum atomic E-state index is 1.06. The second kappa shape index (κ2) is 5.29. The van der Waals surface area contributed by atoms with E-state index in [0.717, 1.165) is 11.8 Å². The number of hydrogen-bond acceptors (Lipinski definition) is 1. The zero-order valence-electron chi connectivity index (χ0n) is 8.71. The standard InChI is InChI=1S/C10H19N.C2H2/c1-11-7-6-9-4-2-3-5-10(9)8-11;1-2/h9-10H,2-8H2,1H3;1-2H. The molecule has 74 valence electrons. The summed E-state index contributed by atoms with van der Waals surface area (Å²) in [5.41, 5.74) is 0. The Morgan fingerprint density at radius 1 is 1.00 bits per heavy atom. The SMILES string of the molecule is C#C.CN1CCC2CCCCC2C1. The van der Waals surface area contributed by atoms with Gasteiger partial charge < -0.3 is 4.90 Å². The Balaban J connectivity index is 0.000000396. The van der Waals surface area contributed by atoms with Crippen LogP contribution in [-0.2, 0) is 0 Å². The lowest BCUT2D eigenvalue weighted by Crippen LogP contribution is -2.39. The molecule has 0 spiro atoms. The highest BCUT2D eigenvalue weighted by Gasteiger charge is 2.29. The van der Waals surface area contributed by atoms with Gasteiger partial charge in [0, 0.05) is 6.54 Å². The molecule has 1 aliphatic carbocycles. The predicted molar refractivity (Wildman–Crippen MR) is 57.5 cm³/mol. The van der Waals surface area contributed by atoms with E-state index in [9.17, 15) is 0 Å². The molecule has 1 heterocycles. The number of terminal acetylenes is 1. The zero-order valence-corrected chi connectivity index (χ0v) is 8.71. The molecule has 0 N–H and O–H groups in total. The molecule has 2 unspecified atom stereocenters. The first-order valence-corrected chi connectivity index (χ1v) is 5.38. The molecular formula is C12H21N. The highest BCUT2D eigenvalue weighted by Crippen LogP contribution is 2.35. The Hall–Kier alpha value is -0.480. The molecule has 0 aromatic carbocycles. The van der Waals surface area contributed by atoms with Gasteiger partial charge in [-0.2, -0.15) is 0 Å². The first-order valence-electron chi connectivity index (χ1n) is 5.38. The van der Waals surface area contributed by atoms with Gasteiger partial charge in [-0.25, -0.2) is 0 Å². The summed E-state index contributed by atoms with van der Waals surface area (Å²) >= 11 is 0. The van der Waals surface area contributed by atoms with Crippen LogP contribution in [0.15, 0.2) is 0 Å². The van der Waals surface area contributed by atoms with E-state index in [-0.39, 0.29) is 0 Å². The summed E-state index contributed by atoms with van der Waals surface area (Å²) in [6.07, 6.45) is 15.5. The lowest BCUT2D eigenvalue weighted by molar-refractivity contribution is 0.105. The molecule has 1 saturated heterocycles. The van der Waals surface area contributed by atoms with Crippen LogP contribution < -0.4 is 0 Å². The number of piperidine rings is 1.